The van der Waals surface area contributed by atoms with Crippen molar-refractivity contribution in [2.24, 2.45) is 0 Å². The molecule has 0 saturated carbocycles. The highest BCUT2D eigenvalue weighted by molar-refractivity contribution is 9.11. The molecule has 1 aromatic carbocycles. The first-order valence-electron chi connectivity index (χ1n) is 4.60. The third-order valence-corrected chi connectivity index (χ3v) is 2.65. The molecule has 6 heteroatoms. The summed E-state index contributed by atoms with van der Waals surface area (Å²) >= 11 is 2.71. The molecule has 0 spiro atoms. The van der Waals surface area contributed by atoms with Crippen LogP contribution in [0.4, 0.5) is 13.2 Å². The molecule has 0 fully saturated rings. The topological polar surface area (TPSA) is 29.5 Å². The van der Waals surface area contributed by atoms with Crippen LogP contribution in [-0.4, -0.2) is 24.5 Å². The maximum absolute atomic E-state index is 12.2. The second-order valence-corrected chi connectivity index (χ2v) is 4.16. The van der Waals surface area contributed by atoms with Crippen LogP contribution >= 0.6 is 15.9 Å². The SMILES string of the molecule is COc1ccc(/C=C(\Br)C(O)C(F)(F)F)cc1. The number of benzene rings is 1. The minimum atomic E-state index is -4.68. The van der Waals surface area contributed by atoms with E-state index in [0.717, 1.165) is 0 Å². The van der Waals surface area contributed by atoms with Crippen LogP contribution in [0.3, 0.4) is 0 Å². The molecule has 1 atom stereocenters. The smallest absolute Gasteiger partial charge is 0.419 e. The highest BCUT2D eigenvalue weighted by Crippen LogP contribution is 2.29. The van der Waals surface area contributed by atoms with E-state index in [2.05, 4.69) is 15.9 Å². The second-order valence-electron chi connectivity index (χ2n) is 3.25. The van der Waals surface area contributed by atoms with Crippen molar-refractivity contribution < 1.29 is 23.0 Å². The van der Waals surface area contributed by atoms with Crippen molar-refractivity contribution in [3.8, 4) is 5.75 Å². The number of alkyl halides is 3. The van der Waals surface area contributed by atoms with Gasteiger partial charge in [-0.1, -0.05) is 28.1 Å². The van der Waals surface area contributed by atoms with E-state index in [1.165, 1.54) is 13.2 Å². The lowest BCUT2D eigenvalue weighted by molar-refractivity contribution is -0.188. The summed E-state index contributed by atoms with van der Waals surface area (Å²) < 4.78 is 41.1. The van der Waals surface area contributed by atoms with Crippen LogP contribution in [0, 0.1) is 0 Å². The highest BCUT2D eigenvalue weighted by Gasteiger charge is 2.39. The number of methoxy groups -OCH3 is 1. The molecule has 94 valence electrons. The standard InChI is InChI=1S/C11H10BrF3O2/c1-17-8-4-2-7(3-5-8)6-9(12)10(16)11(13,14)15/h2-6,10,16H,1H3/b9-6-. The van der Waals surface area contributed by atoms with Gasteiger partial charge in [-0.25, -0.2) is 0 Å². The maximum Gasteiger partial charge on any atom is 0.419 e. The van der Waals surface area contributed by atoms with Crippen LogP contribution in [0.2, 0.25) is 0 Å². The molecule has 0 amide bonds. The largest absolute Gasteiger partial charge is 0.497 e. The predicted octanol–water partition coefficient (Wildman–Crippen LogP) is 3.35. The summed E-state index contributed by atoms with van der Waals surface area (Å²) in [6.07, 6.45) is -5.98. The van der Waals surface area contributed by atoms with Crippen molar-refractivity contribution >= 4 is 22.0 Å². The zero-order valence-electron chi connectivity index (χ0n) is 8.83. The van der Waals surface area contributed by atoms with Crippen LogP contribution in [0.25, 0.3) is 6.08 Å². The van der Waals surface area contributed by atoms with Gasteiger partial charge in [0, 0.05) is 4.48 Å². The summed E-state index contributed by atoms with van der Waals surface area (Å²) in [6.45, 7) is 0. The van der Waals surface area contributed by atoms with Crippen molar-refractivity contribution in [2.75, 3.05) is 7.11 Å². The molecule has 1 rings (SSSR count). The van der Waals surface area contributed by atoms with Gasteiger partial charge in [-0.2, -0.15) is 13.2 Å². The molecule has 0 saturated heterocycles. The first-order valence-corrected chi connectivity index (χ1v) is 5.40. The van der Waals surface area contributed by atoms with E-state index in [0.29, 0.717) is 11.3 Å². The molecule has 1 unspecified atom stereocenters. The molecule has 1 aromatic rings. The summed E-state index contributed by atoms with van der Waals surface area (Å²) in [6, 6.07) is 6.41. The molecule has 0 radical (unpaired) electrons. The van der Waals surface area contributed by atoms with Gasteiger partial charge in [0.2, 0.25) is 0 Å². The molecule has 0 heterocycles. The number of hydrogen-bond acceptors (Lipinski definition) is 2. The monoisotopic (exact) mass is 310 g/mol. The molecule has 1 N–H and O–H groups in total. The van der Waals surface area contributed by atoms with E-state index in [-0.39, 0.29) is 4.48 Å². The minimum absolute atomic E-state index is 0.338. The fourth-order valence-electron chi connectivity index (χ4n) is 1.09. The van der Waals surface area contributed by atoms with Crippen molar-refractivity contribution in [3.05, 3.63) is 34.3 Å². The Bertz CT molecular complexity index is 398. The van der Waals surface area contributed by atoms with Gasteiger partial charge < -0.3 is 9.84 Å². The quantitative estimate of drug-likeness (QED) is 0.927. The van der Waals surface area contributed by atoms with E-state index < -0.39 is 12.3 Å². The van der Waals surface area contributed by atoms with E-state index >= 15 is 0 Å². The zero-order chi connectivity index (χ0) is 13.1. The fourth-order valence-corrected chi connectivity index (χ4v) is 1.62. The average Bonchev–Trinajstić information content (AvgIpc) is 2.27. The van der Waals surface area contributed by atoms with Crippen LogP contribution in [0.5, 0.6) is 5.75 Å². The number of rotatable bonds is 3. The Morgan fingerprint density at radius 1 is 1.35 bits per heavy atom. The summed E-state index contributed by atoms with van der Waals surface area (Å²) in [5.74, 6) is 0.606. The van der Waals surface area contributed by atoms with Crippen molar-refractivity contribution in [1.29, 1.82) is 0 Å². The van der Waals surface area contributed by atoms with Crippen LogP contribution in [-0.2, 0) is 0 Å². The average molecular weight is 311 g/mol. The lowest BCUT2D eigenvalue weighted by atomic mass is 10.2. The molecule has 0 aromatic heterocycles. The third-order valence-electron chi connectivity index (χ3n) is 1.99. The summed E-state index contributed by atoms with van der Waals surface area (Å²) in [5, 5.41) is 8.95. The number of aliphatic hydroxyl groups excluding tert-OH is 1. The lowest BCUT2D eigenvalue weighted by Gasteiger charge is -2.13. The molecular formula is C11H10BrF3O2. The predicted molar refractivity (Wildman–Crippen MR) is 62.0 cm³/mol. The van der Waals surface area contributed by atoms with E-state index in [9.17, 15) is 13.2 Å². The van der Waals surface area contributed by atoms with Crippen molar-refractivity contribution in [3.63, 3.8) is 0 Å². The minimum Gasteiger partial charge on any atom is -0.497 e. The summed E-state index contributed by atoms with van der Waals surface area (Å²) in [4.78, 5) is 0. The zero-order valence-corrected chi connectivity index (χ0v) is 10.4. The molecule has 0 aliphatic carbocycles. The Labute approximate surface area is 105 Å². The first kappa shape index (κ1) is 14.1. The van der Waals surface area contributed by atoms with Gasteiger partial charge in [0.05, 0.1) is 7.11 Å². The Morgan fingerprint density at radius 2 is 1.88 bits per heavy atom. The number of aliphatic hydroxyl groups is 1. The van der Waals surface area contributed by atoms with Gasteiger partial charge in [0.1, 0.15) is 5.75 Å². The van der Waals surface area contributed by atoms with Crippen molar-refractivity contribution in [1.82, 2.24) is 0 Å². The molecule has 17 heavy (non-hydrogen) atoms. The van der Waals surface area contributed by atoms with E-state index in [4.69, 9.17) is 9.84 Å². The van der Waals surface area contributed by atoms with Crippen LogP contribution in [0.1, 0.15) is 5.56 Å². The highest BCUT2D eigenvalue weighted by atomic mass is 79.9. The molecule has 0 aliphatic heterocycles. The van der Waals surface area contributed by atoms with Gasteiger partial charge in [0.25, 0.3) is 0 Å². The van der Waals surface area contributed by atoms with E-state index in [1.807, 2.05) is 0 Å². The van der Waals surface area contributed by atoms with Gasteiger partial charge in [-0.15, -0.1) is 0 Å². The van der Waals surface area contributed by atoms with Gasteiger partial charge in [-0.05, 0) is 23.8 Å². The van der Waals surface area contributed by atoms with Gasteiger partial charge in [-0.3, -0.25) is 0 Å². The Kier molecular flexibility index (Phi) is 4.59. The number of hydrogen-bond donors (Lipinski definition) is 1. The maximum atomic E-state index is 12.2. The Morgan fingerprint density at radius 3 is 2.29 bits per heavy atom. The fraction of sp³-hybridized carbons (Fsp3) is 0.273. The Hall–Kier alpha value is -1.01. The number of ether oxygens (including phenoxy) is 1. The summed E-state index contributed by atoms with van der Waals surface area (Å²) in [7, 11) is 1.49. The van der Waals surface area contributed by atoms with Crippen LogP contribution in [0.15, 0.2) is 28.7 Å². The van der Waals surface area contributed by atoms with E-state index in [1.54, 1.807) is 24.3 Å². The Balaban J connectivity index is 2.87. The van der Waals surface area contributed by atoms with Gasteiger partial charge >= 0.3 is 6.18 Å². The van der Waals surface area contributed by atoms with Crippen molar-refractivity contribution in [2.45, 2.75) is 12.3 Å². The van der Waals surface area contributed by atoms with Crippen LogP contribution < -0.4 is 4.74 Å². The number of halogens is 4. The molecule has 2 nitrogen and oxygen atoms in total. The first-order chi connectivity index (χ1) is 7.84. The third kappa shape index (κ3) is 4.05. The normalized spacial score (nSPS) is 14.6. The molecule has 0 bridgehead atoms. The molecule has 0 aliphatic rings. The second kappa shape index (κ2) is 5.55. The van der Waals surface area contributed by atoms with Gasteiger partial charge in [0.15, 0.2) is 6.10 Å². The lowest BCUT2D eigenvalue weighted by Crippen LogP contribution is -2.28. The summed E-state index contributed by atoms with van der Waals surface area (Å²) in [5.41, 5.74) is 0.529. The molecular weight excluding hydrogens is 301 g/mol.